The van der Waals surface area contributed by atoms with Crippen LogP contribution in [0.15, 0.2) is 12.5 Å². The average molecular weight is 464 g/mol. The fourth-order valence-corrected chi connectivity index (χ4v) is 3.24. The number of carboxylic acid groups (broad SMARTS) is 1. The van der Waals surface area contributed by atoms with Crippen LogP contribution in [-0.4, -0.2) is 57.4 Å². The number of aliphatic carboxylic acids is 1. The summed E-state index contributed by atoms with van der Waals surface area (Å²) in [6.07, 6.45) is 2.50. The standard InChI is InChI=1S/C18H29N2O10P/c1-3-6-16(22)29-17(11-27-15(21)4-2)30-31(25,26)28-8-5-7-13(18(23)24)9-14-10-19-12-20-14/h10,12-13,17H,3-9,11H2,1-2H3,(H,19,20)(H,23,24)(H,25,26). The zero-order valence-electron chi connectivity index (χ0n) is 17.5. The Balaban J connectivity index is 2.53. The number of hydrogen-bond acceptors (Lipinski definition) is 9. The van der Waals surface area contributed by atoms with Crippen LogP contribution in [0.4, 0.5) is 0 Å². The molecule has 0 aliphatic heterocycles. The highest BCUT2D eigenvalue weighted by Gasteiger charge is 2.30. The molecule has 176 valence electrons. The molecule has 0 fully saturated rings. The largest absolute Gasteiger partial charge is 0.481 e. The summed E-state index contributed by atoms with van der Waals surface area (Å²) in [4.78, 5) is 50.9. The van der Waals surface area contributed by atoms with Gasteiger partial charge in [0.25, 0.3) is 0 Å². The van der Waals surface area contributed by atoms with Gasteiger partial charge in [-0.1, -0.05) is 13.8 Å². The van der Waals surface area contributed by atoms with E-state index in [1.807, 2.05) is 0 Å². The summed E-state index contributed by atoms with van der Waals surface area (Å²) in [5.74, 6) is -3.05. The van der Waals surface area contributed by atoms with Crippen molar-refractivity contribution in [3.8, 4) is 0 Å². The minimum Gasteiger partial charge on any atom is -0.481 e. The van der Waals surface area contributed by atoms with Crippen molar-refractivity contribution in [1.82, 2.24) is 9.97 Å². The highest BCUT2D eigenvalue weighted by atomic mass is 31.2. The lowest BCUT2D eigenvalue weighted by molar-refractivity contribution is -0.179. The maximum absolute atomic E-state index is 12.2. The molecular weight excluding hydrogens is 435 g/mol. The van der Waals surface area contributed by atoms with Gasteiger partial charge in [-0.05, 0) is 19.3 Å². The quantitative estimate of drug-likeness (QED) is 0.141. The summed E-state index contributed by atoms with van der Waals surface area (Å²) < 4.78 is 31.6. The Morgan fingerprint density at radius 3 is 2.58 bits per heavy atom. The summed E-state index contributed by atoms with van der Waals surface area (Å²) in [6.45, 7) is 2.45. The second-order valence-corrected chi connectivity index (χ2v) is 7.98. The number of nitrogens with zero attached hydrogens (tertiary/aromatic N) is 1. The number of aromatic nitrogens is 2. The number of esters is 2. The van der Waals surface area contributed by atoms with E-state index in [1.54, 1.807) is 13.8 Å². The molecule has 0 aromatic carbocycles. The molecule has 1 aromatic heterocycles. The number of ether oxygens (including phenoxy) is 2. The van der Waals surface area contributed by atoms with Crippen molar-refractivity contribution in [2.75, 3.05) is 13.2 Å². The summed E-state index contributed by atoms with van der Waals surface area (Å²) in [7, 11) is -4.66. The predicted octanol–water partition coefficient (Wildman–Crippen LogP) is 2.19. The number of carboxylic acids is 1. The van der Waals surface area contributed by atoms with Crippen LogP contribution in [0.3, 0.4) is 0 Å². The molecule has 1 rings (SSSR count). The molecule has 12 nitrogen and oxygen atoms in total. The maximum Gasteiger partial charge on any atom is 0.475 e. The van der Waals surface area contributed by atoms with Crippen molar-refractivity contribution in [3.05, 3.63) is 18.2 Å². The molecule has 1 heterocycles. The van der Waals surface area contributed by atoms with Crippen LogP contribution in [0.2, 0.25) is 0 Å². The van der Waals surface area contributed by atoms with Crippen molar-refractivity contribution >= 4 is 25.7 Å². The number of aromatic amines is 1. The molecule has 13 heteroatoms. The van der Waals surface area contributed by atoms with Crippen LogP contribution in [0.1, 0.15) is 51.6 Å². The molecule has 31 heavy (non-hydrogen) atoms. The number of imidazole rings is 1. The van der Waals surface area contributed by atoms with Gasteiger partial charge in [-0.3, -0.25) is 18.9 Å². The summed E-state index contributed by atoms with van der Waals surface area (Å²) in [5, 5.41) is 9.31. The van der Waals surface area contributed by atoms with Crippen LogP contribution in [0.25, 0.3) is 0 Å². The van der Waals surface area contributed by atoms with E-state index in [9.17, 15) is 28.9 Å². The van der Waals surface area contributed by atoms with Crippen LogP contribution in [0.5, 0.6) is 0 Å². The Labute approximate surface area is 179 Å². The first-order chi connectivity index (χ1) is 14.7. The molecule has 0 spiro atoms. The molecular formula is C18H29N2O10P. The summed E-state index contributed by atoms with van der Waals surface area (Å²) >= 11 is 0. The van der Waals surface area contributed by atoms with E-state index in [4.69, 9.17) is 18.5 Å². The minimum absolute atomic E-state index is 0.0467. The first-order valence-corrected chi connectivity index (χ1v) is 11.4. The number of H-pyrrole nitrogens is 1. The lowest BCUT2D eigenvalue weighted by Gasteiger charge is -2.21. The van der Waals surface area contributed by atoms with Crippen LogP contribution in [-0.2, 0) is 43.9 Å². The number of hydrogen-bond donors (Lipinski definition) is 3. The minimum atomic E-state index is -4.66. The lowest BCUT2D eigenvalue weighted by atomic mass is 9.98. The molecule has 0 bridgehead atoms. The Bertz CT molecular complexity index is 740. The SMILES string of the molecule is CCCC(=O)OC(COC(=O)CC)OP(=O)(O)OCCCC(Cc1cnc[nH]1)C(=O)O. The third kappa shape index (κ3) is 11.6. The number of rotatable bonds is 16. The Morgan fingerprint density at radius 1 is 1.26 bits per heavy atom. The van der Waals surface area contributed by atoms with Crippen LogP contribution in [0, 0.1) is 5.92 Å². The molecule has 0 saturated carbocycles. The first kappa shape index (κ1) is 26.8. The fraction of sp³-hybridized carbons (Fsp3) is 0.667. The Hall–Kier alpha value is -2.27. The van der Waals surface area contributed by atoms with Gasteiger partial charge in [0.15, 0.2) is 6.61 Å². The van der Waals surface area contributed by atoms with Gasteiger partial charge in [0.1, 0.15) is 0 Å². The molecule has 1 aromatic rings. The topological polar surface area (TPSA) is 174 Å². The number of carbonyl (C=O) groups excluding carboxylic acids is 2. The monoisotopic (exact) mass is 464 g/mol. The average Bonchev–Trinajstić information content (AvgIpc) is 3.21. The predicted molar refractivity (Wildman–Crippen MR) is 106 cm³/mol. The molecule has 0 radical (unpaired) electrons. The van der Waals surface area contributed by atoms with Crippen molar-refractivity contribution < 1.29 is 47.5 Å². The number of carbonyl (C=O) groups is 3. The normalized spacial score (nSPS) is 14.9. The Morgan fingerprint density at radius 2 is 2.00 bits per heavy atom. The van der Waals surface area contributed by atoms with E-state index < -0.39 is 44.5 Å². The number of phosphoric acid groups is 1. The molecule has 0 amide bonds. The fourth-order valence-electron chi connectivity index (χ4n) is 2.42. The van der Waals surface area contributed by atoms with Crippen molar-refractivity contribution in [1.29, 1.82) is 0 Å². The maximum atomic E-state index is 12.2. The number of nitrogens with one attached hydrogen (secondary N) is 1. The van der Waals surface area contributed by atoms with E-state index >= 15 is 0 Å². The van der Waals surface area contributed by atoms with Gasteiger partial charge in [0.2, 0.25) is 6.29 Å². The van der Waals surface area contributed by atoms with E-state index in [-0.39, 0.29) is 38.7 Å². The van der Waals surface area contributed by atoms with E-state index in [1.165, 1.54) is 12.5 Å². The Kier molecular flexibility index (Phi) is 12.0. The van der Waals surface area contributed by atoms with Crippen molar-refractivity contribution in [2.24, 2.45) is 5.92 Å². The highest BCUT2D eigenvalue weighted by molar-refractivity contribution is 7.47. The molecule has 0 aliphatic rings. The second kappa shape index (κ2) is 13.9. The molecule has 3 unspecified atom stereocenters. The molecule has 3 N–H and O–H groups in total. The van der Waals surface area contributed by atoms with E-state index in [2.05, 4.69) is 9.97 Å². The summed E-state index contributed by atoms with van der Waals surface area (Å²) in [5.41, 5.74) is 0.655. The molecule has 0 saturated heterocycles. The number of phosphoric ester groups is 1. The molecule has 3 atom stereocenters. The van der Waals surface area contributed by atoms with E-state index in [0.717, 1.165) is 0 Å². The lowest BCUT2D eigenvalue weighted by Crippen LogP contribution is -2.27. The van der Waals surface area contributed by atoms with Crippen LogP contribution >= 0.6 is 7.82 Å². The first-order valence-electron chi connectivity index (χ1n) is 9.87. The highest BCUT2D eigenvalue weighted by Crippen LogP contribution is 2.45. The third-order valence-electron chi connectivity index (χ3n) is 3.96. The zero-order chi connectivity index (χ0) is 23.3. The van der Waals surface area contributed by atoms with Gasteiger partial charge in [-0.25, -0.2) is 14.1 Å². The van der Waals surface area contributed by atoms with Gasteiger partial charge < -0.3 is 24.5 Å². The zero-order valence-corrected chi connectivity index (χ0v) is 18.4. The van der Waals surface area contributed by atoms with Gasteiger partial charge in [0.05, 0.1) is 18.9 Å². The van der Waals surface area contributed by atoms with Crippen molar-refractivity contribution in [3.63, 3.8) is 0 Å². The van der Waals surface area contributed by atoms with E-state index in [0.29, 0.717) is 12.1 Å². The van der Waals surface area contributed by atoms with Crippen molar-refractivity contribution in [2.45, 2.75) is 58.7 Å². The van der Waals surface area contributed by atoms with Gasteiger partial charge >= 0.3 is 25.7 Å². The second-order valence-electron chi connectivity index (χ2n) is 6.57. The van der Waals surface area contributed by atoms with Crippen LogP contribution < -0.4 is 0 Å². The third-order valence-corrected chi connectivity index (χ3v) is 4.97. The van der Waals surface area contributed by atoms with Gasteiger partial charge in [-0.15, -0.1) is 0 Å². The van der Waals surface area contributed by atoms with Gasteiger partial charge in [0, 0.05) is 31.2 Å². The van der Waals surface area contributed by atoms with Gasteiger partial charge in [-0.2, -0.15) is 0 Å². The smallest absolute Gasteiger partial charge is 0.475 e. The molecule has 0 aliphatic carbocycles. The summed E-state index contributed by atoms with van der Waals surface area (Å²) in [6, 6.07) is 0.